The van der Waals surface area contributed by atoms with Crippen molar-refractivity contribution >= 4 is 39.1 Å². The summed E-state index contributed by atoms with van der Waals surface area (Å²) in [5.74, 6) is -0.227. The summed E-state index contributed by atoms with van der Waals surface area (Å²) in [5, 5.41) is 3.05. The zero-order valence-corrected chi connectivity index (χ0v) is 21.7. The molecule has 0 saturated heterocycles. The maximum atomic E-state index is 13.6. The van der Waals surface area contributed by atoms with Crippen molar-refractivity contribution in [1.29, 1.82) is 0 Å². The second-order valence-electron chi connectivity index (χ2n) is 8.18. The number of anilines is 1. The van der Waals surface area contributed by atoms with Crippen molar-refractivity contribution in [1.82, 2.24) is 10.2 Å². The summed E-state index contributed by atoms with van der Waals surface area (Å²) in [6, 6.07) is 12.6. The Morgan fingerprint density at radius 2 is 1.79 bits per heavy atom. The summed E-state index contributed by atoms with van der Waals surface area (Å²) < 4.78 is 31.4. The number of benzene rings is 2. The number of sulfonamides is 1. The molecule has 8 nitrogen and oxygen atoms in total. The number of ether oxygens (including phenoxy) is 1. The summed E-state index contributed by atoms with van der Waals surface area (Å²) in [5.41, 5.74) is 0.938. The summed E-state index contributed by atoms with van der Waals surface area (Å²) >= 11 is 6.24. The molecule has 0 saturated carbocycles. The fraction of sp³-hybridized carbons (Fsp3) is 0.417. The number of hydrogen-bond acceptors (Lipinski definition) is 5. The fourth-order valence-electron chi connectivity index (χ4n) is 3.52. The molecule has 0 fully saturated rings. The number of methoxy groups -OCH3 is 1. The van der Waals surface area contributed by atoms with E-state index in [4.69, 9.17) is 16.3 Å². The lowest BCUT2D eigenvalue weighted by Crippen LogP contribution is -2.53. The van der Waals surface area contributed by atoms with E-state index in [1.807, 2.05) is 19.9 Å². The minimum absolute atomic E-state index is 0.0974. The Balaban J connectivity index is 2.47. The molecule has 0 unspecified atom stereocenters. The monoisotopic (exact) mass is 509 g/mol. The van der Waals surface area contributed by atoms with Gasteiger partial charge in [0.25, 0.3) is 0 Å². The van der Waals surface area contributed by atoms with Crippen molar-refractivity contribution in [3.05, 3.63) is 59.1 Å². The average molecular weight is 510 g/mol. The lowest BCUT2D eigenvalue weighted by molar-refractivity contribution is -0.140. The first-order valence-corrected chi connectivity index (χ1v) is 13.2. The second-order valence-corrected chi connectivity index (χ2v) is 10.5. The number of amides is 2. The third-order valence-electron chi connectivity index (χ3n) is 5.10. The van der Waals surface area contributed by atoms with Crippen molar-refractivity contribution < 1.29 is 22.7 Å². The van der Waals surface area contributed by atoms with Crippen LogP contribution in [0.2, 0.25) is 5.02 Å². The molecule has 0 bridgehead atoms. The molecular weight excluding hydrogens is 478 g/mol. The molecule has 1 N–H and O–H groups in total. The van der Waals surface area contributed by atoms with Crippen molar-refractivity contribution in [2.75, 3.05) is 24.2 Å². The molecule has 0 heterocycles. The van der Waals surface area contributed by atoms with E-state index in [9.17, 15) is 18.0 Å². The van der Waals surface area contributed by atoms with Gasteiger partial charge in [0, 0.05) is 12.6 Å². The van der Waals surface area contributed by atoms with Gasteiger partial charge in [-0.2, -0.15) is 0 Å². The van der Waals surface area contributed by atoms with Crippen LogP contribution in [0.5, 0.6) is 5.75 Å². The lowest BCUT2D eigenvalue weighted by Gasteiger charge is -2.33. The number of nitrogens with zero attached hydrogens (tertiary/aromatic N) is 2. The van der Waals surface area contributed by atoms with Gasteiger partial charge in [0.15, 0.2) is 0 Å². The van der Waals surface area contributed by atoms with E-state index in [2.05, 4.69) is 5.32 Å². The molecule has 0 radical (unpaired) electrons. The Kier molecular flexibility index (Phi) is 9.76. The van der Waals surface area contributed by atoms with Gasteiger partial charge in [0.2, 0.25) is 21.8 Å². The maximum absolute atomic E-state index is 13.6. The number of carbonyl (C=O) groups is 2. The van der Waals surface area contributed by atoms with Crippen LogP contribution in [0.4, 0.5) is 5.69 Å². The van der Waals surface area contributed by atoms with E-state index in [1.54, 1.807) is 50.4 Å². The molecule has 1 atom stereocenters. The molecule has 0 spiro atoms. The number of nitrogens with one attached hydrogen (secondary N) is 1. The Morgan fingerprint density at radius 3 is 2.35 bits per heavy atom. The van der Waals surface area contributed by atoms with Gasteiger partial charge in [-0.25, -0.2) is 8.42 Å². The minimum Gasteiger partial charge on any atom is -0.497 e. The van der Waals surface area contributed by atoms with E-state index >= 15 is 0 Å². The van der Waals surface area contributed by atoms with Gasteiger partial charge in [-0.05, 0) is 50.1 Å². The zero-order chi connectivity index (χ0) is 25.5. The van der Waals surface area contributed by atoms with Crippen LogP contribution >= 0.6 is 11.6 Å². The largest absolute Gasteiger partial charge is 0.497 e. The number of rotatable bonds is 11. The summed E-state index contributed by atoms with van der Waals surface area (Å²) in [4.78, 5) is 28.0. The van der Waals surface area contributed by atoms with Gasteiger partial charge in [0.1, 0.15) is 18.3 Å². The van der Waals surface area contributed by atoms with Crippen molar-refractivity contribution in [2.24, 2.45) is 0 Å². The van der Waals surface area contributed by atoms with E-state index in [0.717, 1.165) is 16.1 Å². The van der Waals surface area contributed by atoms with Gasteiger partial charge >= 0.3 is 0 Å². The van der Waals surface area contributed by atoms with Crippen LogP contribution < -0.4 is 14.4 Å². The Morgan fingerprint density at radius 1 is 1.12 bits per heavy atom. The van der Waals surface area contributed by atoms with Gasteiger partial charge in [-0.1, -0.05) is 42.8 Å². The van der Waals surface area contributed by atoms with Crippen LogP contribution in [0.15, 0.2) is 48.5 Å². The third-order valence-corrected chi connectivity index (χ3v) is 6.55. The van der Waals surface area contributed by atoms with Crippen LogP contribution in [0.3, 0.4) is 0 Å². The first-order chi connectivity index (χ1) is 16.0. The molecule has 186 valence electrons. The third kappa shape index (κ3) is 7.36. The van der Waals surface area contributed by atoms with Gasteiger partial charge in [-0.15, -0.1) is 0 Å². The summed E-state index contributed by atoms with van der Waals surface area (Å²) in [6.45, 7) is 5.07. The number of hydrogen-bond donors (Lipinski definition) is 1. The SMILES string of the molecule is CC[C@@H](C(=O)NC(C)C)N(Cc1cccc(OC)c1)C(=O)CN(c1ccccc1Cl)S(C)(=O)=O. The number of para-hydroxylation sites is 1. The number of carbonyl (C=O) groups excluding carboxylic acids is 2. The van der Waals surface area contributed by atoms with E-state index in [1.165, 1.54) is 11.0 Å². The van der Waals surface area contributed by atoms with E-state index in [0.29, 0.717) is 12.2 Å². The smallest absolute Gasteiger partial charge is 0.244 e. The van der Waals surface area contributed by atoms with Gasteiger partial charge in [0.05, 0.1) is 24.1 Å². The Hall–Kier alpha value is -2.78. The molecule has 2 amide bonds. The molecule has 0 aliphatic heterocycles. The highest BCUT2D eigenvalue weighted by Crippen LogP contribution is 2.27. The van der Waals surface area contributed by atoms with Crippen molar-refractivity contribution in [2.45, 2.75) is 45.8 Å². The molecule has 10 heteroatoms. The van der Waals surface area contributed by atoms with Crippen LogP contribution in [-0.2, 0) is 26.2 Å². The molecular formula is C24H32ClN3O5S. The maximum Gasteiger partial charge on any atom is 0.244 e. The second kappa shape index (κ2) is 12.1. The van der Waals surface area contributed by atoms with Crippen molar-refractivity contribution in [3.63, 3.8) is 0 Å². The standard InChI is InChI=1S/C24H32ClN3O5S/c1-6-21(24(30)26-17(2)3)27(15-18-10-9-11-19(14-18)33-4)23(29)16-28(34(5,31)32)22-13-8-7-12-20(22)25/h7-14,17,21H,6,15-16H2,1-5H3,(H,26,30)/t21-/m0/s1. The first-order valence-electron chi connectivity index (χ1n) is 10.9. The highest BCUT2D eigenvalue weighted by molar-refractivity contribution is 7.92. The summed E-state index contributed by atoms with van der Waals surface area (Å²) in [6.07, 6.45) is 1.36. The highest BCUT2D eigenvalue weighted by atomic mass is 35.5. The van der Waals surface area contributed by atoms with Crippen LogP contribution in [0, 0.1) is 0 Å². The van der Waals surface area contributed by atoms with Crippen molar-refractivity contribution in [3.8, 4) is 5.75 Å². The molecule has 0 aliphatic rings. The topological polar surface area (TPSA) is 96.0 Å². The molecule has 0 aromatic heterocycles. The van der Waals surface area contributed by atoms with Crippen LogP contribution in [0.1, 0.15) is 32.8 Å². The fourth-order valence-corrected chi connectivity index (χ4v) is 4.67. The molecule has 2 rings (SSSR count). The minimum atomic E-state index is -3.84. The highest BCUT2D eigenvalue weighted by Gasteiger charge is 2.32. The molecule has 2 aromatic rings. The lowest BCUT2D eigenvalue weighted by atomic mass is 10.1. The average Bonchev–Trinajstić information content (AvgIpc) is 2.76. The molecule has 2 aromatic carbocycles. The predicted octanol–water partition coefficient (Wildman–Crippen LogP) is 3.45. The molecule has 0 aliphatic carbocycles. The van der Waals surface area contributed by atoms with E-state index in [-0.39, 0.29) is 29.2 Å². The first kappa shape index (κ1) is 27.5. The van der Waals surface area contributed by atoms with Crippen LogP contribution in [-0.4, -0.2) is 57.1 Å². The zero-order valence-electron chi connectivity index (χ0n) is 20.1. The quantitative estimate of drug-likeness (QED) is 0.500. The van der Waals surface area contributed by atoms with Gasteiger partial charge < -0.3 is 15.0 Å². The predicted molar refractivity (Wildman–Crippen MR) is 135 cm³/mol. The number of halogens is 1. The van der Waals surface area contributed by atoms with E-state index < -0.39 is 28.5 Å². The summed E-state index contributed by atoms with van der Waals surface area (Å²) in [7, 11) is -2.30. The normalized spacial score (nSPS) is 12.2. The Bertz CT molecular complexity index is 1110. The van der Waals surface area contributed by atoms with Crippen LogP contribution in [0.25, 0.3) is 0 Å². The Labute approximate surface area is 206 Å². The molecule has 34 heavy (non-hydrogen) atoms. The van der Waals surface area contributed by atoms with Gasteiger partial charge in [-0.3, -0.25) is 13.9 Å².